The molecule has 1 heterocycles. The summed E-state index contributed by atoms with van der Waals surface area (Å²) < 4.78 is 5.73. The average Bonchev–Trinajstić information content (AvgIpc) is 2.92. The minimum Gasteiger partial charge on any atom is -0.458 e. The molecule has 0 amide bonds. The van der Waals surface area contributed by atoms with Gasteiger partial charge in [-0.25, -0.2) is 0 Å². The Kier molecular flexibility index (Phi) is 2.81. The van der Waals surface area contributed by atoms with Crippen LogP contribution in [0.25, 0.3) is 11.0 Å². The molecule has 2 aromatic carbocycles. The largest absolute Gasteiger partial charge is 0.458 e. The van der Waals surface area contributed by atoms with Crippen LogP contribution in [0.4, 0.5) is 0 Å². The van der Waals surface area contributed by atoms with Crippen molar-refractivity contribution in [2.75, 3.05) is 0 Å². The molecule has 0 aliphatic rings. The zero-order chi connectivity index (χ0) is 14.2. The van der Waals surface area contributed by atoms with E-state index in [1.807, 2.05) is 30.3 Å². The molecule has 20 heavy (non-hydrogen) atoms. The summed E-state index contributed by atoms with van der Waals surface area (Å²) in [5.74, 6) is 0.466. The van der Waals surface area contributed by atoms with Gasteiger partial charge in [-0.15, -0.1) is 0 Å². The van der Waals surface area contributed by atoms with Gasteiger partial charge in [0, 0.05) is 5.39 Å². The maximum absolute atomic E-state index is 10.8. The van der Waals surface area contributed by atoms with Crippen LogP contribution in [0.2, 0.25) is 0 Å². The summed E-state index contributed by atoms with van der Waals surface area (Å²) in [6.45, 7) is 1.67. The molecule has 0 bridgehead atoms. The Hall–Kier alpha value is -2.57. The van der Waals surface area contributed by atoms with Gasteiger partial charge in [-0.1, -0.05) is 30.3 Å². The Morgan fingerprint density at radius 1 is 1.10 bits per heavy atom. The molecule has 3 aromatic rings. The Balaban J connectivity index is 2.12. The van der Waals surface area contributed by atoms with Gasteiger partial charge in [0.05, 0.1) is 11.6 Å². The number of benzene rings is 2. The first kappa shape index (κ1) is 12.5. The van der Waals surface area contributed by atoms with E-state index in [4.69, 9.17) is 9.68 Å². The van der Waals surface area contributed by atoms with Crippen LogP contribution in [0.3, 0.4) is 0 Å². The van der Waals surface area contributed by atoms with Gasteiger partial charge < -0.3 is 9.52 Å². The molecule has 3 heteroatoms. The summed E-state index contributed by atoms with van der Waals surface area (Å²) in [5, 5.41) is 20.7. The molecule has 0 aliphatic heterocycles. The molecular formula is C17H13NO2. The van der Waals surface area contributed by atoms with Crippen molar-refractivity contribution >= 4 is 11.0 Å². The van der Waals surface area contributed by atoms with Gasteiger partial charge in [0.25, 0.3) is 0 Å². The second-order valence-corrected chi connectivity index (χ2v) is 4.91. The fraction of sp³-hybridized carbons (Fsp3) is 0.118. The maximum Gasteiger partial charge on any atom is 0.144 e. The molecule has 0 radical (unpaired) electrons. The first-order chi connectivity index (χ1) is 9.61. The van der Waals surface area contributed by atoms with Gasteiger partial charge >= 0.3 is 0 Å². The van der Waals surface area contributed by atoms with E-state index in [1.54, 1.807) is 31.2 Å². The summed E-state index contributed by atoms with van der Waals surface area (Å²) in [7, 11) is 0. The van der Waals surface area contributed by atoms with Gasteiger partial charge in [0.2, 0.25) is 0 Å². The standard InChI is InChI=1S/C17H13NO2/c1-17(19,14-7-4-5-12(9-14)11-18)16-10-13-6-2-3-8-15(13)20-16/h2-10,19H,1H3. The highest BCUT2D eigenvalue weighted by molar-refractivity contribution is 5.78. The molecule has 0 saturated heterocycles. The van der Waals surface area contributed by atoms with Crippen molar-refractivity contribution in [2.24, 2.45) is 0 Å². The number of fused-ring (bicyclic) bond motifs is 1. The lowest BCUT2D eigenvalue weighted by Gasteiger charge is -2.21. The van der Waals surface area contributed by atoms with E-state index in [9.17, 15) is 5.11 Å². The average molecular weight is 263 g/mol. The topological polar surface area (TPSA) is 57.2 Å². The number of nitrogens with zero attached hydrogens (tertiary/aromatic N) is 1. The van der Waals surface area contributed by atoms with Crippen LogP contribution in [-0.4, -0.2) is 5.11 Å². The van der Waals surface area contributed by atoms with Crippen molar-refractivity contribution in [3.63, 3.8) is 0 Å². The lowest BCUT2D eigenvalue weighted by molar-refractivity contribution is 0.0786. The number of furan rings is 1. The monoisotopic (exact) mass is 263 g/mol. The van der Waals surface area contributed by atoms with Gasteiger partial charge in [-0.2, -0.15) is 5.26 Å². The Morgan fingerprint density at radius 3 is 2.65 bits per heavy atom. The second-order valence-electron chi connectivity index (χ2n) is 4.91. The Labute approximate surface area is 116 Å². The first-order valence-corrected chi connectivity index (χ1v) is 6.33. The van der Waals surface area contributed by atoms with Crippen LogP contribution in [0, 0.1) is 11.3 Å². The van der Waals surface area contributed by atoms with Crippen molar-refractivity contribution in [3.8, 4) is 6.07 Å². The number of hydrogen-bond acceptors (Lipinski definition) is 3. The number of para-hydroxylation sites is 1. The molecule has 0 spiro atoms. The van der Waals surface area contributed by atoms with Gasteiger partial charge in [-0.05, 0) is 36.8 Å². The van der Waals surface area contributed by atoms with Crippen LogP contribution in [0.15, 0.2) is 59.0 Å². The first-order valence-electron chi connectivity index (χ1n) is 6.33. The summed E-state index contributed by atoms with van der Waals surface area (Å²) in [4.78, 5) is 0. The zero-order valence-electron chi connectivity index (χ0n) is 11.0. The molecular weight excluding hydrogens is 250 g/mol. The highest BCUT2D eigenvalue weighted by Crippen LogP contribution is 2.33. The van der Waals surface area contributed by atoms with Crippen molar-refractivity contribution in [2.45, 2.75) is 12.5 Å². The highest BCUT2D eigenvalue weighted by Gasteiger charge is 2.29. The maximum atomic E-state index is 10.8. The van der Waals surface area contributed by atoms with Gasteiger partial charge in [0.1, 0.15) is 16.9 Å². The number of rotatable bonds is 2. The van der Waals surface area contributed by atoms with Crippen LogP contribution in [0.1, 0.15) is 23.8 Å². The molecule has 1 N–H and O–H groups in total. The predicted octanol–water partition coefficient (Wildman–Crippen LogP) is 3.56. The quantitative estimate of drug-likeness (QED) is 0.769. The third kappa shape index (κ3) is 1.97. The third-order valence-corrected chi connectivity index (χ3v) is 3.46. The van der Waals surface area contributed by atoms with E-state index in [-0.39, 0.29) is 0 Å². The van der Waals surface area contributed by atoms with E-state index < -0.39 is 5.60 Å². The van der Waals surface area contributed by atoms with Crippen LogP contribution in [-0.2, 0) is 5.60 Å². The summed E-state index contributed by atoms with van der Waals surface area (Å²) in [6.07, 6.45) is 0. The lowest BCUT2D eigenvalue weighted by Crippen LogP contribution is -2.22. The van der Waals surface area contributed by atoms with Crippen LogP contribution < -0.4 is 0 Å². The number of nitriles is 1. The predicted molar refractivity (Wildman–Crippen MR) is 76.0 cm³/mol. The number of aliphatic hydroxyl groups is 1. The van der Waals surface area contributed by atoms with E-state index in [1.165, 1.54) is 0 Å². The summed E-state index contributed by atoms with van der Waals surface area (Å²) in [6, 6.07) is 18.4. The third-order valence-electron chi connectivity index (χ3n) is 3.46. The molecule has 0 fully saturated rings. The smallest absolute Gasteiger partial charge is 0.144 e. The lowest BCUT2D eigenvalue weighted by atomic mass is 9.92. The van der Waals surface area contributed by atoms with Crippen LogP contribution in [0.5, 0.6) is 0 Å². The fourth-order valence-corrected chi connectivity index (χ4v) is 2.26. The van der Waals surface area contributed by atoms with Gasteiger partial charge in [0.15, 0.2) is 0 Å². The molecule has 1 aromatic heterocycles. The highest BCUT2D eigenvalue weighted by atomic mass is 16.4. The normalized spacial score (nSPS) is 13.8. The molecule has 1 unspecified atom stereocenters. The van der Waals surface area contributed by atoms with E-state index in [2.05, 4.69) is 6.07 Å². The molecule has 0 saturated carbocycles. The molecule has 0 aliphatic carbocycles. The second kappa shape index (κ2) is 4.52. The SMILES string of the molecule is CC(O)(c1cccc(C#N)c1)c1cc2ccccc2o1. The van der Waals surface area contributed by atoms with E-state index >= 15 is 0 Å². The number of hydrogen-bond donors (Lipinski definition) is 1. The van der Waals surface area contributed by atoms with Crippen molar-refractivity contribution in [3.05, 3.63) is 71.5 Å². The Morgan fingerprint density at radius 2 is 1.90 bits per heavy atom. The molecule has 1 atom stereocenters. The van der Waals surface area contributed by atoms with Crippen molar-refractivity contribution in [1.29, 1.82) is 5.26 Å². The minimum atomic E-state index is -1.27. The van der Waals surface area contributed by atoms with E-state index in [0.29, 0.717) is 16.9 Å². The Bertz CT molecular complexity index is 776. The molecule has 3 nitrogen and oxygen atoms in total. The summed E-state index contributed by atoms with van der Waals surface area (Å²) >= 11 is 0. The molecule has 3 rings (SSSR count). The summed E-state index contributed by atoms with van der Waals surface area (Å²) in [5.41, 5.74) is 0.611. The van der Waals surface area contributed by atoms with Crippen molar-refractivity contribution < 1.29 is 9.52 Å². The fourth-order valence-electron chi connectivity index (χ4n) is 2.26. The van der Waals surface area contributed by atoms with Crippen molar-refractivity contribution in [1.82, 2.24) is 0 Å². The minimum absolute atomic E-state index is 0.466. The molecule has 98 valence electrons. The van der Waals surface area contributed by atoms with E-state index in [0.717, 1.165) is 11.0 Å². The van der Waals surface area contributed by atoms with Crippen LogP contribution >= 0.6 is 0 Å². The zero-order valence-corrected chi connectivity index (χ0v) is 11.0. The van der Waals surface area contributed by atoms with Gasteiger partial charge in [-0.3, -0.25) is 0 Å².